The summed E-state index contributed by atoms with van der Waals surface area (Å²) < 4.78 is 0. The first-order valence-corrected chi connectivity index (χ1v) is 9.82. The highest BCUT2D eigenvalue weighted by Crippen LogP contribution is 2.19. The molecule has 1 N–H and O–H groups in total. The summed E-state index contributed by atoms with van der Waals surface area (Å²) in [4.78, 5) is 16.6. The summed E-state index contributed by atoms with van der Waals surface area (Å²) >= 11 is 0. The van der Waals surface area contributed by atoms with Crippen molar-refractivity contribution >= 4 is 11.7 Å². The van der Waals surface area contributed by atoms with E-state index in [2.05, 4.69) is 34.3 Å². The lowest BCUT2D eigenvalue weighted by Gasteiger charge is -2.23. The van der Waals surface area contributed by atoms with Crippen LogP contribution in [0.5, 0.6) is 0 Å². The van der Waals surface area contributed by atoms with E-state index in [4.69, 9.17) is 0 Å². The Bertz CT molecular complexity index is 719. The van der Waals surface area contributed by atoms with Gasteiger partial charge in [0.25, 0.3) is 0 Å². The SMILES string of the molecule is CCC(C)NCC(=O)N1CCCN(c2ccc(-c3ccccc3)nn2)CC1. The van der Waals surface area contributed by atoms with Crippen molar-refractivity contribution < 1.29 is 4.79 Å². The van der Waals surface area contributed by atoms with Crippen LogP contribution in [-0.2, 0) is 4.79 Å². The largest absolute Gasteiger partial charge is 0.353 e. The van der Waals surface area contributed by atoms with Crippen LogP contribution in [0.15, 0.2) is 42.5 Å². The molecule has 6 heteroatoms. The second-order valence-electron chi connectivity index (χ2n) is 7.05. The Kier molecular flexibility index (Phi) is 6.76. The highest BCUT2D eigenvalue weighted by Gasteiger charge is 2.20. The topological polar surface area (TPSA) is 61.4 Å². The van der Waals surface area contributed by atoms with E-state index in [-0.39, 0.29) is 5.91 Å². The van der Waals surface area contributed by atoms with Gasteiger partial charge in [-0.2, -0.15) is 0 Å². The number of hydrogen-bond donors (Lipinski definition) is 1. The molecule has 1 aromatic heterocycles. The number of hydrogen-bond acceptors (Lipinski definition) is 5. The number of anilines is 1. The van der Waals surface area contributed by atoms with Crippen LogP contribution in [0, 0.1) is 0 Å². The van der Waals surface area contributed by atoms with E-state index in [9.17, 15) is 4.79 Å². The molecule has 1 unspecified atom stereocenters. The smallest absolute Gasteiger partial charge is 0.236 e. The monoisotopic (exact) mass is 367 g/mol. The van der Waals surface area contributed by atoms with Gasteiger partial charge in [0, 0.05) is 37.8 Å². The fraction of sp³-hybridized carbons (Fsp3) is 0.476. The molecule has 0 saturated carbocycles. The first kappa shape index (κ1) is 19.3. The molecule has 1 aliphatic rings. The van der Waals surface area contributed by atoms with Crippen LogP contribution >= 0.6 is 0 Å². The van der Waals surface area contributed by atoms with Gasteiger partial charge >= 0.3 is 0 Å². The van der Waals surface area contributed by atoms with Crippen molar-refractivity contribution in [3.05, 3.63) is 42.5 Å². The third-order valence-electron chi connectivity index (χ3n) is 5.11. The Morgan fingerprint density at radius 3 is 2.59 bits per heavy atom. The summed E-state index contributed by atoms with van der Waals surface area (Å²) in [6.07, 6.45) is 1.97. The molecule has 1 saturated heterocycles. The number of aromatic nitrogens is 2. The zero-order chi connectivity index (χ0) is 19.1. The van der Waals surface area contributed by atoms with Crippen LogP contribution in [0.4, 0.5) is 5.82 Å². The lowest BCUT2D eigenvalue weighted by atomic mass is 10.1. The Labute approximate surface area is 161 Å². The number of benzene rings is 1. The zero-order valence-electron chi connectivity index (χ0n) is 16.3. The summed E-state index contributed by atoms with van der Waals surface area (Å²) in [5, 5.41) is 12.1. The van der Waals surface area contributed by atoms with Crippen molar-refractivity contribution in [2.75, 3.05) is 37.6 Å². The van der Waals surface area contributed by atoms with Crippen LogP contribution < -0.4 is 10.2 Å². The van der Waals surface area contributed by atoms with E-state index < -0.39 is 0 Å². The molecule has 144 valence electrons. The van der Waals surface area contributed by atoms with Crippen molar-refractivity contribution in [1.82, 2.24) is 20.4 Å². The van der Waals surface area contributed by atoms with Gasteiger partial charge in [-0.05, 0) is 31.9 Å². The molecular weight excluding hydrogens is 338 g/mol. The molecule has 0 aliphatic carbocycles. The highest BCUT2D eigenvalue weighted by atomic mass is 16.2. The van der Waals surface area contributed by atoms with E-state index in [0.29, 0.717) is 12.6 Å². The van der Waals surface area contributed by atoms with Crippen LogP contribution in [0.1, 0.15) is 26.7 Å². The molecule has 1 atom stereocenters. The van der Waals surface area contributed by atoms with Gasteiger partial charge in [0.2, 0.25) is 5.91 Å². The highest BCUT2D eigenvalue weighted by molar-refractivity contribution is 5.78. The normalized spacial score (nSPS) is 16.1. The first-order valence-electron chi connectivity index (χ1n) is 9.82. The number of nitrogens with one attached hydrogen (secondary N) is 1. The minimum Gasteiger partial charge on any atom is -0.353 e. The summed E-state index contributed by atoms with van der Waals surface area (Å²) in [5.41, 5.74) is 1.94. The van der Waals surface area contributed by atoms with Gasteiger partial charge in [0.1, 0.15) is 0 Å². The molecule has 3 rings (SSSR count). The number of amides is 1. The summed E-state index contributed by atoms with van der Waals surface area (Å²) in [5.74, 6) is 1.06. The standard InChI is InChI=1S/C21H29N5O/c1-3-17(2)22-16-21(27)26-13-7-12-25(14-15-26)20-11-10-19(23-24-20)18-8-5-4-6-9-18/h4-6,8-11,17,22H,3,7,12-16H2,1-2H3. The summed E-state index contributed by atoms with van der Waals surface area (Å²) in [7, 11) is 0. The van der Waals surface area contributed by atoms with Gasteiger partial charge in [-0.15, -0.1) is 10.2 Å². The molecule has 6 nitrogen and oxygen atoms in total. The number of carbonyl (C=O) groups is 1. The Hall–Kier alpha value is -2.47. The minimum atomic E-state index is 0.183. The second-order valence-corrected chi connectivity index (χ2v) is 7.05. The molecular formula is C21H29N5O. The average molecular weight is 367 g/mol. The molecule has 1 aliphatic heterocycles. The fourth-order valence-corrected chi connectivity index (χ4v) is 3.17. The lowest BCUT2D eigenvalue weighted by Crippen LogP contribution is -2.42. The van der Waals surface area contributed by atoms with Gasteiger partial charge in [-0.1, -0.05) is 37.3 Å². The predicted molar refractivity (Wildman–Crippen MR) is 109 cm³/mol. The maximum Gasteiger partial charge on any atom is 0.236 e. The Morgan fingerprint density at radius 1 is 1.07 bits per heavy atom. The van der Waals surface area contributed by atoms with Crippen LogP contribution in [0.25, 0.3) is 11.3 Å². The van der Waals surface area contributed by atoms with E-state index in [1.165, 1.54) is 0 Å². The van der Waals surface area contributed by atoms with Gasteiger partial charge in [-0.3, -0.25) is 4.79 Å². The third-order valence-corrected chi connectivity index (χ3v) is 5.11. The van der Waals surface area contributed by atoms with Crippen LogP contribution in [-0.4, -0.2) is 59.8 Å². The van der Waals surface area contributed by atoms with Gasteiger partial charge in [-0.25, -0.2) is 0 Å². The van der Waals surface area contributed by atoms with Gasteiger partial charge in [0.05, 0.1) is 12.2 Å². The predicted octanol–water partition coefficient (Wildman–Crippen LogP) is 2.57. The number of nitrogens with zero attached hydrogens (tertiary/aromatic N) is 4. The van der Waals surface area contributed by atoms with Gasteiger partial charge < -0.3 is 15.1 Å². The maximum absolute atomic E-state index is 12.4. The van der Waals surface area contributed by atoms with Crippen LogP contribution in [0.3, 0.4) is 0 Å². The van der Waals surface area contributed by atoms with Gasteiger partial charge in [0.15, 0.2) is 5.82 Å². The van der Waals surface area contributed by atoms with Crippen molar-refractivity contribution in [3.8, 4) is 11.3 Å². The maximum atomic E-state index is 12.4. The third kappa shape index (κ3) is 5.26. The quantitative estimate of drug-likeness (QED) is 0.850. The molecule has 2 heterocycles. The van der Waals surface area contributed by atoms with E-state index in [1.807, 2.05) is 47.4 Å². The fourth-order valence-electron chi connectivity index (χ4n) is 3.17. The molecule has 1 aromatic carbocycles. The first-order chi connectivity index (χ1) is 13.2. The number of rotatable bonds is 6. The van der Waals surface area contributed by atoms with Crippen molar-refractivity contribution in [3.63, 3.8) is 0 Å². The molecule has 0 spiro atoms. The van der Waals surface area contributed by atoms with E-state index in [1.54, 1.807) is 0 Å². The molecule has 1 amide bonds. The van der Waals surface area contributed by atoms with Crippen molar-refractivity contribution in [2.24, 2.45) is 0 Å². The second kappa shape index (κ2) is 9.46. The summed E-state index contributed by atoms with van der Waals surface area (Å²) in [6.45, 7) is 7.85. The van der Waals surface area contributed by atoms with E-state index >= 15 is 0 Å². The number of carbonyl (C=O) groups excluding carboxylic acids is 1. The average Bonchev–Trinajstić information content (AvgIpc) is 2.99. The minimum absolute atomic E-state index is 0.183. The van der Waals surface area contributed by atoms with Crippen molar-refractivity contribution in [1.29, 1.82) is 0 Å². The molecule has 2 aromatic rings. The van der Waals surface area contributed by atoms with Crippen molar-refractivity contribution in [2.45, 2.75) is 32.7 Å². The molecule has 0 bridgehead atoms. The summed E-state index contributed by atoms with van der Waals surface area (Å²) in [6, 6.07) is 14.5. The molecule has 1 fully saturated rings. The lowest BCUT2D eigenvalue weighted by molar-refractivity contribution is -0.130. The zero-order valence-corrected chi connectivity index (χ0v) is 16.3. The molecule has 27 heavy (non-hydrogen) atoms. The van der Waals surface area contributed by atoms with Crippen LogP contribution in [0.2, 0.25) is 0 Å². The Balaban J connectivity index is 1.57. The Morgan fingerprint density at radius 2 is 1.89 bits per heavy atom. The van der Waals surface area contributed by atoms with E-state index in [0.717, 1.165) is 56.1 Å². The molecule has 0 radical (unpaired) electrons.